The fourth-order valence-corrected chi connectivity index (χ4v) is 5.80. The zero-order valence-electron chi connectivity index (χ0n) is 18.9. The van der Waals surface area contributed by atoms with E-state index in [4.69, 9.17) is 10.2 Å². The van der Waals surface area contributed by atoms with Crippen molar-refractivity contribution >= 4 is 34.9 Å². The van der Waals surface area contributed by atoms with Crippen molar-refractivity contribution in [1.82, 2.24) is 29.7 Å². The highest BCUT2D eigenvalue weighted by atomic mass is 32.2. The van der Waals surface area contributed by atoms with Gasteiger partial charge in [-0.05, 0) is 11.1 Å². The molecule has 0 saturated carbocycles. The fraction of sp³-hybridized carbons (Fsp3) is 0.0769. The highest BCUT2D eigenvalue weighted by Crippen LogP contribution is 2.31. The molecule has 0 fully saturated rings. The van der Waals surface area contributed by atoms with Gasteiger partial charge >= 0.3 is 0 Å². The fourth-order valence-electron chi connectivity index (χ4n) is 4.13. The van der Waals surface area contributed by atoms with Crippen LogP contribution in [0.25, 0.3) is 22.8 Å². The van der Waals surface area contributed by atoms with Gasteiger partial charge in [-0.15, -0.1) is 20.4 Å². The molecule has 0 aliphatic carbocycles. The van der Waals surface area contributed by atoms with E-state index in [1.807, 2.05) is 70.0 Å². The van der Waals surface area contributed by atoms with Gasteiger partial charge in [0.15, 0.2) is 11.6 Å². The number of aromatic nitrogens is 6. The van der Waals surface area contributed by atoms with Gasteiger partial charge in [0, 0.05) is 22.6 Å². The van der Waals surface area contributed by atoms with Crippen LogP contribution in [0.3, 0.4) is 0 Å². The molecule has 2 aliphatic heterocycles. The number of benzene rings is 3. The molecular formula is C26H18N8S2. The Hall–Kier alpha value is -4.02. The number of hydrogen-bond acceptors (Lipinski definition) is 8. The predicted octanol–water partition coefficient (Wildman–Crippen LogP) is 4.92. The molecule has 2 aromatic heterocycles. The summed E-state index contributed by atoms with van der Waals surface area (Å²) < 4.78 is 3.66. The van der Waals surface area contributed by atoms with Gasteiger partial charge in [0.2, 0.25) is 10.3 Å². The Morgan fingerprint density at radius 2 is 0.889 bits per heavy atom. The van der Waals surface area contributed by atoms with Crippen LogP contribution < -0.4 is 0 Å². The molecule has 3 aromatic carbocycles. The van der Waals surface area contributed by atoms with Crippen LogP contribution in [-0.2, 0) is 0 Å². The van der Waals surface area contributed by atoms with Gasteiger partial charge in [0.25, 0.3) is 0 Å². The molecule has 36 heavy (non-hydrogen) atoms. The summed E-state index contributed by atoms with van der Waals surface area (Å²) in [5, 5.41) is 28.9. The number of thioether (sulfide) groups is 2. The molecular weight excluding hydrogens is 488 g/mol. The van der Waals surface area contributed by atoms with Crippen molar-refractivity contribution in [1.29, 1.82) is 0 Å². The first kappa shape index (κ1) is 21.3. The first-order chi connectivity index (χ1) is 17.8. The standard InChI is InChI=1S/C26H18N8S2/c1-3-7-17(8-4-1)21-15-35-25-29-27-23(33(25)31-21)19-11-13-20(14-12-19)24-28-30-26-34(24)32-22(16-36-26)18-9-5-2-6-10-18/h1-14H,15-16H2. The summed E-state index contributed by atoms with van der Waals surface area (Å²) >= 11 is 3.28. The lowest BCUT2D eigenvalue weighted by Crippen LogP contribution is -2.13. The lowest BCUT2D eigenvalue weighted by molar-refractivity contribution is 0.761. The molecule has 0 bridgehead atoms. The SMILES string of the molecule is c1ccc(C2=Nn3c(nnc3-c3ccc(-c4nnc5n4N=C(c4ccccc4)CS5)cc3)SC2)cc1. The molecule has 2 aliphatic rings. The molecule has 0 amide bonds. The Bertz CT molecular complexity index is 1500. The number of hydrogen-bond donors (Lipinski definition) is 0. The van der Waals surface area contributed by atoms with Crippen LogP contribution in [0, 0.1) is 0 Å². The number of nitrogens with zero attached hydrogens (tertiary/aromatic N) is 8. The van der Waals surface area contributed by atoms with Gasteiger partial charge in [-0.3, -0.25) is 0 Å². The largest absolute Gasteiger partial charge is 0.212 e. The summed E-state index contributed by atoms with van der Waals surface area (Å²) in [6.45, 7) is 0. The first-order valence-corrected chi connectivity index (χ1v) is 13.3. The average Bonchev–Trinajstić information content (AvgIpc) is 3.58. The van der Waals surface area contributed by atoms with Gasteiger partial charge in [-0.1, -0.05) is 108 Å². The minimum absolute atomic E-state index is 0.709. The minimum atomic E-state index is 0.709. The average molecular weight is 507 g/mol. The van der Waals surface area contributed by atoms with E-state index in [1.54, 1.807) is 23.5 Å². The Kier molecular flexibility index (Phi) is 5.25. The van der Waals surface area contributed by atoms with E-state index in [0.717, 1.165) is 55.5 Å². The summed E-state index contributed by atoms with van der Waals surface area (Å²) in [4.78, 5) is 0. The van der Waals surface area contributed by atoms with Crippen molar-refractivity contribution in [2.24, 2.45) is 10.2 Å². The quantitative estimate of drug-likeness (QED) is 0.344. The maximum atomic E-state index is 4.86. The molecule has 0 unspecified atom stereocenters. The molecule has 174 valence electrons. The number of rotatable bonds is 4. The summed E-state index contributed by atoms with van der Waals surface area (Å²) in [6.07, 6.45) is 0. The van der Waals surface area contributed by atoms with E-state index < -0.39 is 0 Å². The molecule has 4 heterocycles. The lowest BCUT2D eigenvalue weighted by atomic mass is 10.1. The van der Waals surface area contributed by atoms with Crippen molar-refractivity contribution in [3.8, 4) is 22.8 Å². The van der Waals surface area contributed by atoms with Crippen LogP contribution >= 0.6 is 23.5 Å². The van der Waals surface area contributed by atoms with Crippen LogP contribution in [0.15, 0.2) is 105 Å². The molecule has 0 spiro atoms. The molecule has 0 radical (unpaired) electrons. The van der Waals surface area contributed by atoms with Crippen LogP contribution in [-0.4, -0.2) is 52.7 Å². The van der Waals surface area contributed by atoms with E-state index >= 15 is 0 Å². The zero-order chi connectivity index (χ0) is 23.9. The van der Waals surface area contributed by atoms with Crippen molar-refractivity contribution in [3.63, 3.8) is 0 Å². The Morgan fingerprint density at radius 3 is 1.31 bits per heavy atom. The van der Waals surface area contributed by atoms with E-state index in [9.17, 15) is 0 Å². The van der Waals surface area contributed by atoms with Crippen molar-refractivity contribution in [2.45, 2.75) is 10.3 Å². The van der Waals surface area contributed by atoms with Gasteiger partial charge in [-0.25, -0.2) is 0 Å². The predicted molar refractivity (Wildman–Crippen MR) is 143 cm³/mol. The van der Waals surface area contributed by atoms with Crippen LogP contribution in [0.2, 0.25) is 0 Å². The number of fused-ring (bicyclic) bond motifs is 2. The van der Waals surface area contributed by atoms with Gasteiger partial charge in [0.1, 0.15) is 0 Å². The maximum Gasteiger partial charge on any atom is 0.212 e. The zero-order valence-corrected chi connectivity index (χ0v) is 20.5. The van der Waals surface area contributed by atoms with E-state index in [0.29, 0.717) is 11.6 Å². The summed E-state index contributed by atoms with van der Waals surface area (Å²) in [7, 11) is 0. The highest BCUT2D eigenvalue weighted by Gasteiger charge is 2.23. The van der Waals surface area contributed by atoms with Crippen molar-refractivity contribution < 1.29 is 0 Å². The summed E-state index contributed by atoms with van der Waals surface area (Å²) in [6, 6.07) is 28.5. The topological polar surface area (TPSA) is 86.1 Å². The Labute approximate surface area is 215 Å². The van der Waals surface area contributed by atoms with Crippen molar-refractivity contribution in [3.05, 3.63) is 96.1 Å². The van der Waals surface area contributed by atoms with Gasteiger partial charge in [0.05, 0.1) is 11.4 Å². The van der Waals surface area contributed by atoms with Gasteiger partial charge in [-0.2, -0.15) is 19.6 Å². The molecule has 10 heteroatoms. The molecule has 5 aromatic rings. The molecule has 0 atom stereocenters. The minimum Gasteiger partial charge on any atom is -0.187 e. The third-order valence-electron chi connectivity index (χ3n) is 5.96. The van der Waals surface area contributed by atoms with E-state index in [2.05, 4.69) is 44.7 Å². The summed E-state index contributed by atoms with van der Waals surface area (Å²) in [5.41, 5.74) is 6.08. The molecule has 0 saturated heterocycles. The molecule has 0 N–H and O–H groups in total. The second-order valence-corrected chi connectivity index (χ2v) is 10.1. The Balaban J connectivity index is 1.22. The maximum absolute atomic E-state index is 4.86. The third-order valence-corrected chi connectivity index (χ3v) is 7.82. The van der Waals surface area contributed by atoms with Gasteiger partial charge < -0.3 is 0 Å². The summed E-state index contributed by atoms with van der Waals surface area (Å²) in [5.74, 6) is 2.95. The molecule has 8 nitrogen and oxygen atoms in total. The second-order valence-electron chi connectivity index (χ2n) is 8.22. The van der Waals surface area contributed by atoms with Crippen LogP contribution in [0.4, 0.5) is 0 Å². The molecule has 7 rings (SSSR count). The second kappa shape index (κ2) is 8.89. The van der Waals surface area contributed by atoms with Crippen LogP contribution in [0.5, 0.6) is 0 Å². The highest BCUT2D eigenvalue weighted by molar-refractivity contribution is 8.00. The monoisotopic (exact) mass is 506 g/mol. The van der Waals surface area contributed by atoms with E-state index in [1.165, 1.54) is 0 Å². The normalized spacial score (nSPS) is 14.6. The van der Waals surface area contributed by atoms with Crippen molar-refractivity contribution in [2.75, 3.05) is 11.5 Å². The smallest absolute Gasteiger partial charge is 0.187 e. The third kappa shape index (κ3) is 3.75. The Morgan fingerprint density at radius 1 is 0.472 bits per heavy atom. The first-order valence-electron chi connectivity index (χ1n) is 11.4. The van der Waals surface area contributed by atoms with Crippen LogP contribution in [0.1, 0.15) is 11.1 Å². The lowest BCUT2D eigenvalue weighted by Gasteiger charge is -2.14. The van der Waals surface area contributed by atoms with E-state index in [-0.39, 0.29) is 0 Å².